The SMILES string of the molecule is C=C.C[C](C)=[Hf+2].C[Si](C)(C)c1cc[cH-]c1.C[Si](C)(C)c1cc[cH-]c1.C[Si](C)(C)c1cc[cH-]c1.C[Si](C)(C)c1cc[cH-]c1.[Cl-].[Cl-].[Hf+4]. The third-order valence-electron chi connectivity index (χ3n) is 6.11. The van der Waals surface area contributed by atoms with Crippen LogP contribution in [-0.4, -0.2) is 35.6 Å². The van der Waals surface area contributed by atoms with E-state index in [1.165, 1.54) is 23.9 Å². The summed E-state index contributed by atoms with van der Waals surface area (Å²) in [6.45, 7) is 38.7. The molecule has 4 aromatic carbocycles. The van der Waals surface area contributed by atoms with Gasteiger partial charge in [-0.3, -0.25) is 0 Å². The van der Waals surface area contributed by atoms with E-state index < -0.39 is 32.3 Å². The summed E-state index contributed by atoms with van der Waals surface area (Å²) in [5, 5.41) is 6.23. The first kappa shape index (κ1) is 54.6. The zero-order chi connectivity index (χ0) is 33.2. The van der Waals surface area contributed by atoms with Crippen LogP contribution in [0, 0.1) is 0 Å². The first-order chi connectivity index (χ1) is 19.2. The molecule has 248 valence electrons. The van der Waals surface area contributed by atoms with Crippen LogP contribution in [0.1, 0.15) is 13.8 Å². The molecule has 0 N–H and O–H groups in total. The first-order valence-corrected chi connectivity index (χ1v) is 30.9. The molecule has 4 aromatic rings. The molecule has 8 heteroatoms. The van der Waals surface area contributed by atoms with Crippen molar-refractivity contribution < 1.29 is 74.5 Å². The van der Waals surface area contributed by atoms with Crippen LogP contribution in [0.25, 0.3) is 0 Å². The van der Waals surface area contributed by atoms with Crippen LogP contribution in [0.4, 0.5) is 0 Å². The average molecular weight is 1050 g/mol. The van der Waals surface area contributed by atoms with Gasteiger partial charge in [0.15, 0.2) is 0 Å². The fourth-order valence-corrected chi connectivity index (χ4v) is 8.27. The van der Waals surface area contributed by atoms with Crippen LogP contribution in [0.2, 0.25) is 78.6 Å². The molecule has 0 fully saturated rings. The minimum absolute atomic E-state index is 0. The van der Waals surface area contributed by atoms with Gasteiger partial charge >= 0.3 is 66.8 Å². The molecule has 0 spiro atoms. The summed E-state index contributed by atoms with van der Waals surface area (Å²) in [5.41, 5.74) is 0. The maximum absolute atomic E-state index is 3.00. The molecule has 0 aromatic heterocycles. The summed E-state index contributed by atoms with van der Waals surface area (Å²) in [4.78, 5) is 0. The van der Waals surface area contributed by atoms with Crippen LogP contribution in [-0.2, 0) is 49.7 Å². The van der Waals surface area contributed by atoms with Gasteiger partial charge in [0, 0.05) is 32.3 Å². The number of hydrogen-bond donors (Lipinski definition) is 0. The monoisotopic (exact) mass is 1050 g/mol. The molecule has 0 saturated heterocycles. The Balaban J connectivity index is -0.000000146. The summed E-state index contributed by atoms with van der Waals surface area (Å²) >= 11 is 1.27. The molecule has 0 amide bonds. The predicted molar refractivity (Wildman–Crippen MR) is 208 cm³/mol. The zero-order valence-corrected chi connectivity index (χ0v) is 43.6. The summed E-state index contributed by atoms with van der Waals surface area (Å²) in [7, 11) is -3.92. The van der Waals surface area contributed by atoms with Crippen LogP contribution in [0.15, 0.2) is 110 Å². The Hall–Kier alpha value is 0.198. The van der Waals surface area contributed by atoms with Gasteiger partial charge in [0.25, 0.3) is 0 Å². The summed E-state index contributed by atoms with van der Waals surface area (Å²) in [6, 6.07) is 34.8. The molecular weight excluding hydrogens is 985 g/mol. The Morgan fingerprint density at radius 2 is 0.600 bits per heavy atom. The van der Waals surface area contributed by atoms with Gasteiger partial charge in [-0.25, -0.2) is 45.0 Å². The Morgan fingerprint density at radius 3 is 0.644 bits per heavy atom. The maximum atomic E-state index is 3.00. The van der Waals surface area contributed by atoms with Gasteiger partial charge in [-0.05, 0) is 0 Å². The second-order valence-electron chi connectivity index (χ2n) is 14.7. The minimum Gasteiger partial charge on any atom is -1.00 e. The molecule has 0 bridgehead atoms. The van der Waals surface area contributed by atoms with Crippen molar-refractivity contribution in [2.75, 3.05) is 0 Å². The summed E-state index contributed by atoms with van der Waals surface area (Å²) < 4.78 is 1.56. The first-order valence-electron chi connectivity index (χ1n) is 15.1. The number of hydrogen-bond acceptors (Lipinski definition) is 0. The molecule has 45 heavy (non-hydrogen) atoms. The van der Waals surface area contributed by atoms with Crippen molar-refractivity contribution in [3.63, 3.8) is 0 Å². The quantitative estimate of drug-likeness (QED) is 0.168. The minimum atomic E-state index is -0.981. The topological polar surface area (TPSA) is 0 Å². The molecule has 0 aliphatic carbocycles. The van der Waals surface area contributed by atoms with E-state index in [-0.39, 0.29) is 50.7 Å². The molecular formula is C37H62Cl2Hf2Si4. The molecule has 4 rings (SSSR count). The van der Waals surface area contributed by atoms with Gasteiger partial charge in [0.1, 0.15) is 0 Å². The van der Waals surface area contributed by atoms with Crippen molar-refractivity contribution in [3.8, 4) is 0 Å². The number of rotatable bonds is 4. The van der Waals surface area contributed by atoms with E-state index >= 15 is 0 Å². The molecule has 0 saturated carbocycles. The second kappa shape index (κ2) is 27.1. The molecule has 0 heterocycles. The fraction of sp³-hybridized carbons (Fsp3) is 0.378. The second-order valence-corrected chi connectivity index (χ2v) is 38.6. The van der Waals surface area contributed by atoms with Crippen molar-refractivity contribution in [1.29, 1.82) is 0 Å². The Morgan fingerprint density at radius 1 is 0.467 bits per heavy atom. The molecule has 0 aliphatic rings. The summed E-state index contributed by atoms with van der Waals surface area (Å²) in [5.74, 6) is 0. The van der Waals surface area contributed by atoms with Crippen molar-refractivity contribution in [2.24, 2.45) is 0 Å². The normalized spacial score (nSPS) is 10.2. The van der Waals surface area contributed by atoms with E-state index in [4.69, 9.17) is 0 Å². The van der Waals surface area contributed by atoms with Gasteiger partial charge < -0.3 is 24.8 Å². The van der Waals surface area contributed by atoms with Crippen LogP contribution < -0.4 is 45.6 Å². The maximum Gasteiger partial charge on any atom is 4.00 e. The summed E-state index contributed by atoms with van der Waals surface area (Å²) in [6.07, 6.45) is 0. The molecule has 0 nitrogen and oxygen atoms in total. The fourth-order valence-electron chi connectivity index (χ4n) is 3.50. The van der Waals surface area contributed by atoms with Crippen molar-refractivity contribution in [1.82, 2.24) is 0 Å². The van der Waals surface area contributed by atoms with Crippen LogP contribution in [0.5, 0.6) is 0 Å². The van der Waals surface area contributed by atoms with Crippen molar-refractivity contribution in [3.05, 3.63) is 110 Å². The van der Waals surface area contributed by atoms with E-state index in [1.807, 2.05) is 0 Å². The Kier molecular flexibility index (Phi) is 32.9. The van der Waals surface area contributed by atoms with E-state index in [9.17, 15) is 0 Å². The third-order valence-corrected chi connectivity index (χ3v) is 14.4. The number of halogens is 2. The van der Waals surface area contributed by atoms with Crippen LogP contribution >= 0.6 is 0 Å². The van der Waals surface area contributed by atoms with E-state index in [0.717, 1.165) is 0 Å². The van der Waals surface area contributed by atoms with Gasteiger partial charge in [-0.15, -0.1) is 13.2 Å². The molecule has 0 unspecified atom stereocenters. The third kappa shape index (κ3) is 28.9. The van der Waals surface area contributed by atoms with E-state index in [1.54, 1.807) is 24.0 Å². The Labute approximate surface area is 330 Å². The average Bonchev–Trinajstić information content (AvgIpc) is 3.68. The zero-order valence-electron chi connectivity index (χ0n) is 30.9. The molecule has 0 aliphatic heterocycles. The van der Waals surface area contributed by atoms with Gasteiger partial charge in [0.05, 0.1) is 0 Å². The van der Waals surface area contributed by atoms with E-state index in [0.29, 0.717) is 0 Å². The largest absolute Gasteiger partial charge is 4.00 e. The van der Waals surface area contributed by atoms with Crippen molar-refractivity contribution >= 4 is 56.3 Å². The van der Waals surface area contributed by atoms with Gasteiger partial charge in [-0.1, -0.05) is 78.6 Å². The smallest absolute Gasteiger partial charge is 1.00 e. The Bertz CT molecular complexity index is 973. The van der Waals surface area contributed by atoms with Gasteiger partial charge in [-0.2, -0.15) is 72.8 Å². The van der Waals surface area contributed by atoms with Gasteiger partial charge in [0.2, 0.25) is 0 Å². The molecule has 0 atom stereocenters. The predicted octanol–water partition coefficient (Wildman–Crippen LogP) is 3.36. The van der Waals surface area contributed by atoms with Crippen LogP contribution in [0.3, 0.4) is 0 Å². The standard InChI is InChI=1S/4C8H13Si.C3H6.C2H4.2ClH.2Hf/c4*1-9(2,3)8-6-4-5-7-8;1-3-2;1-2;;;;/h4*4-7H,1-3H3;1-2H3;1-2H2;2*1H;;/q4*-1;;;;;+2;+4/p-2. The van der Waals surface area contributed by atoms with Crippen molar-refractivity contribution in [2.45, 2.75) is 92.4 Å². The van der Waals surface area contributed by atoms with E-state index in [2.05, 4.69) is 203 Å². The molecule has 0 radical (unpaired) electrons.